The highest BCUT2D eigenvalue weighted by atomic mass is 79.9. The lowest BCUT2D eigenvalue weighted by atomic mass is 9.82. The summed E-state index contributed by atoms with van der Waals surface area (Å²) in [6.45, 7) is 0. The zero-order valence-electron chi connectivity index (χ0n) is 10.2. The Hall–Kier alpha value is -1.08. The Morgan fingerprint density at radius 3 is 1.94 bits per heavy atom. The molecule has 0 N–H and O–H groups in total. The second-order valence-corrected chi connectivity index (χ2v) is 6.80. The van der Waals surface area contributed by atoms with E-state index in [1.54, 1.807) is 22.3 Å². The summed E-state index contributed by atoms with van der Waals surface area (Å²) in [5.41, 5.74) is 6.74. The molecule has 0 unspecified atom stereocenters. The molecule has 0 radical (unpaired) electrons. The van der Waals surface area contributed by atoms with Gasteiger partial charge >= 0.3 is 0 Å². The molecule has 0 aromatic heterocycles. The second kappa shape index (κ2) is 3.71. The number of benzene rings is 2. The van der Waals surface area contributed by atoms with Crippen molar-refractivity contribution in [1.82, 2.24) is 0 Å². The highest BCUT2D eigenvalue weighted by Gasteiger charge is 2.41. The Kier molecular flexibility index (Phi) is 2.23. The Labute approximate surface area is 116 Å². The van der Waals surface area contributed by atoms with E-state index in [1.807, 2.05) is 0 Å². The normalized spacial score (nSPS) is 18.9. The highest BCUT2D eigenvalue weighted by molar-refractivity contribution is 9.10. The lowest BCUT2D eigenvalue weighted by molar-refractivity contribution is 0.326. The number of fused-ring (bicyclic) bond motifs is 2. The molecular weight excluding hydrogens is 284 g/mol. The average Bonchev–Trinajstić information content (AvgIpc) is 2.87. The Bertz CT molecular complexity index is 602. The molecule has 0 heterocycles. The van der Waals surface area contributed by atoms with E-state index in [-0.39, 0.29) is 0 Å². The van der Waals surface area contributed by atoms with Gasteiger partial charge in [0.2, 0.25) is 0 Å². The van der Waals surface area contributed by atoms with Crippen LogP contribution in [0, 0.1) is 5.41 Å². The molecule has 0 nitrogen and oxygen atoms in total. The highest BCUT2D eigenvalue weighted by Crippen LogP contribution is 2.47. The molecule has 2 aromatic rings. The maximum absolute atomic E-state index is 3.59. The average molecular weight is 299 g/mol. The van der Waals surface area contributed by atoms with E-state index in [2.05, 4.69) is 58.4 Å². The zero-order valence-corrected chi connectivity index (χ0v) is 11.8. The lowest BCUT2D eigenvalue weighted by Gasteiger charge is -2.21. The van der Waals surface area contributed by atoms with Crippen molar-refractivity contribution in [2.24, 2.45) is 5.41 Å². The molecule has 18 heavy (non-hydrogen) atoms. The summed E-state index contributed by atoms with van der Waals surface area (Å²) in [5.74, 6) is 0. The molecule has 0 saturated heterocycles. The van der Waals surface area contributed by atoms with Crippen LogP contribution in [0.15, 0.2) is 46.9 Å². The summed E-state index contributed by atoms with van der Waals surface area (Å²) < 4.78 is 1.22. The third-order valence-electron chi connectivity index (χ3n) is 4.55. The molecular formula is C17H15Br. The molecule has 0 saturated carbocycles. The van der Waals surface area contributed by atoms with Crippen molar-refractivity contribution in [1.29, 1.82) is 0 Å². The number of rotatable bonds is 0. The third kappa shape index (κ3) is 1.57. The SMILES string of the molecule is Brc1ccc2c(c1)CC1(Cc3ccccc3C1)C2. The monoisotopic (exact) mass is 298 g/mol. The van der Waals surface area contributed by atoms with Gasteiger partial charge in [-0.05, 0) is 65.5 Å². The van der Waals surface area contributed by atoms with Gasteiger partial charge in [0.25, 0.3) is 0 Å². The van der Waals surface area contributed by atoms with Crippen LogP contribution < -0.4 is 0 Å². The molecule has 90 valence electrons. The third-order valence-corrected chi connectivity index (χ3v) is 5.04. The molecule has 0 bridgehead atoms. The first-order chi connectivity index (χ1) is 8.74. The molecule has 2 aliphatic carbocycles. The van der Waals surface area contributed by atoms with E-state index in [0.29, 0.717) is 5.41 Å². The van der Waals surface area contributed by atoms with Crippen molar-refractivity contribution in [3.63, 3.8) is 0 Å². The predicted molar refractivity (Wildman–Crippen MR) is 77.8 cm³/mol. The van der Waals surface area contributed by atoms with Gasteiger partial charge < -0.3 is 0 Å². The Balaban J connectivity index is 1.71. The Morgan fingerprint density at radius 1 is 0.722 bits per heavy atom. The van der Waals surface area contributed by atoms with E-state index >= 15 is 0 Å². The van der Waals surface area contributed by atoms with Gasteiger partial charge in [-0.15, -0.1) is 0 Å². The molecule has 1 spiro atoms. The standard InChI is InChI=1S/C17H15Br/c18-16-6-5-14-10-17(11-15(14)7-16)8-12-3-1-2-4-13(12)9-17/h1-7H,8-11H2. The maximum Gasteiger partial charge on any atom is 0.0178 e. The molecule has 0 fully saturated rings. The Morgan fingerprint density at radius 2 is 1.28 bits per heavy atom. The minimum Gasteiger partial charge on any atom is -0.0620 e. The van der Waals surface area contributed by atoms with E-state index < -0.39 is 0 Å². The molecule has 0 amide bonds. The number of halogens is 1. The van der Waals surface area contributed by atoms with E-state index in [1.165, 1.54) is 30.2 Å². The quantitative estimate of drug-likeness (QED) is 0.679. The number of hydrogen-bond acceptors (Lipinski definition) is 0. The molecule has 2 aromatic carbocycles. The summed E-state index contributed by atoms with van der Waals surface area (Å²) in [7, 11) is 0. The topological polar surface area (TPSA) is 0 Å². The second-order valence-electron chi connectivity index (χ2n) is 5.89. The van der Waals surface area contributed by atoms with Crippen LogP contribution in [-0.4, -0.2) is 0 Å². The smallest absolute Gasteiger partial charge is 0.0178 e. The van der Waals surface area contributed by atoms with Gasteiger partial charge in [0.15, 0.2) is 0 Å². The van der Waals surface area contributed by atoms with Gasteiger partial charge in [0, 0.05) is 4.47 Å². The first kappa shape index (κ1) is 10.8. The van der Waals surface area contributed by atoms with E-state index in [4.69, 9.17) is 0 Å². The van der Waals surface area contributed by atoms with Gasteiger partial charge in [0.1, 0.15) is 0 Å². The van der Waals surface area contributed by atoms with Gasteiger partial charge in [0.05, 0.1) is 0 Å². The van der Waals surface area contributed by atoms with Crippen molar-refractivity contribution < 1.29 is 0 Å². The van der Waals surface area contributed by atoms with Crippen LogP contribution in [0.5, 0.6) is 0 Å². The van der Waals surface area contributed by atoms with Crippen LogP contribution in [0.25, 0.3) is 0 Å². The fourth-order valence-corrected chi connectivity index (χ4v) is 4.23. The summed E-state index contributed by atoms with van der Waals surface area (Å²) in [4.78, 5) is 0. The van der Waals surface area contributed by atoms with Crippen molar-refractivity contribution in [2.75, 3.05) is 0 Å². The largest absolute Gasteiger partial charge is 0.0620 e. The van der Waals surface area contributed by atoms with Crippen LogP contribution in [0.4, 0.5) is 0 Å². The van der Waals surface area contributed by atoms with E-state index in [9.17, 15) is 0 Å². The van der Waals surface area contributed by atoms with Crippen LogP contribution in [0.3, 0.4) is 0 Å². The molecule has 2 aliphatic rings. The minimum atomic E-state index is 0.479. The summed E-state index contributed by atoms with van der Waals surface area (Å²) in [5, 5.41) is 0. The van der Waals surface area contributed by atoms with Gasteiger partial charge in [-0.1, -0.05) is 46.3 Å². The van der Waals surface area contributed by atoms with Crippen LogP contribution >= 0.6 is 15.9 Å². The number of hydrogen-bond donors (Lipinski definition) is 0. The van der Waals surface area contributed by atoms with Crippen molar-refractivity contribution in [3.05, 3.63) is 69.2 Å². The van der Waals surface area contributed by atoms with Crippen molar-refractivity contribution >= 4 is 15.9 Å². The summed E-state index contributed by atoms with van der Waals surface area (Å²) >= 11 is 3.59. The van der Waals surface area contributed by atoms with Crippen molar-refractivity contribution in [3.8, 4) is 0 Å². The molecule has 4 rings (SSSR count). The van der Waals surface area contributed by atoms with E-state index in [0.717, 1.165) is 0 Å². The molecule has 0 atom stereocenters. The van der Waals surface area contributed by atoms with Crippen LogP contribution in [0.2, 0.25) is 0 Å². The molecule has 0 aliphatic heterocycles. The predicted octanol–water partition coefficient (Wildman–Crippen LogP) is 4.33. The first-order valence-corrected chi connectivity index (χ1v) is 7.38. The lowest BCUT2D eigenvalue weighted by Crippen LogP contribution is -2.21. The molecule has 1 heteroatoms. The van der Waals surface area contributed by atoms with Gasteiger partial charge in [-0.3, -0.25) is 0 Å². The zero-order chi connectivity index (χ0) is 12.2. The first-order valence-electron chi connectivity index (χ1n) is 6.58. The van der Waals surface area contributed by atoms with Crippen LogP contribution in [-0.2, 0) is 25.7 Å². The van der Waals surface area contributed by atoms with Crippen molar-refractivity contribution in [2.45, 2.75) is 25.7 Å². The summed E-state index contributed by atoms with van der Waals surface area (Å²) in [6.07, 6.45) is 5.02. The van der Waals surface area contributed by atoms with Gasteiger partial charge in [-0.25, -0.2) is 0 Å². The fourth-order valence-electron chi connectivity index (χ4n) is 3.82. The van der Waals surface area contributed by atoms with Crippen LogP contribution in [0.1, 0.15) is 22.3 Å². The van der Waals surface area contributed by atoms with Gasteiger partial charge in [-0.2, -0.15) is 0 Å². The fraction of sp³-hybridized carbons (Fsp3) is 0.294. The minimum absolute atomic E-state index is 0.479. The summed E-state index contributed by atoms with van der Waals surface area (Å²) in [6, 6.07) is 15.8. The maximum atomic E-state index is 3.59.